The fourth-order valence-electron chi connectivity index (χ4n) is 13.2. The lowest BCUT2D eigenvalue weighted by Crippen LogP contribution is -2.74. The molecule has 0 aliphatic carbocycles. The molecular formula is C50H102. The predicted molar refractivity (Wildman–Crippen MR) is 232 cm³/mol. The molecule has 302 valence electrons. The molecule has 0 heterocycles. The summed E-state index contributed by atoms with van der Waals surface area (Å²) in [6.07, 6.45) is 17.2. The average molecular weight is 703 g/mol. The molecule has 0 fully saturated rings. The highest BCUT2D eigenvalue weighted by Crippen LogP contribution is 2.81. The summed E-state index contributed by atoms with van der Waals surface area (Å²) in [6.45, 7) is 60.6. The second-order valence-electron chi connectivity index (χ2n) is 22.8. The van der Waals surface area contributed by atoms with Crippen LogP contribution >= 0.6 is 0 Å². The molecule has 0 aromatic carbocycles. The van der Waals surface area contributed by atoms with Gasteiger partial charge in [-0.3, -0.25) is 0 Å². The van der Waals surface area contributed by atoms with E-state index < -0.39 is 0 Å². The van der Waals surface area contributed by atoms with Gasteiger partial charge in [0, 0.05) is 0 Å². The largest absolute Gasteiger partial charge is 0.0648 e. The lowest BCUT2D eigenvalue weighted by Gasteiger charge is -2.79. The summed E-state index contributed by atoms with van der Waals surface area (Å²) in [5.41, 5.74) is 0.982. The Labute approximate surface area is 321 Å². The zero-order valence-corrected chi connectivity index (χ0v) is 39.7. The van der Waals surface area contributed by atoms with Crippen molar-refractivity contribution in [3.05, 3.63) is 0 Å². The van der Waals surface area contributed by atoms with Crippen molar-refractivity contribution in [3.8, 4) is 0 Å². The second kappa shape index (κ2) is 19.5. The molecule has 0 bridgehead atoms. The van der Waals surface area contributed by atoms with Gasteiger partial charge in [0.1, 0.15) is 0 Å². The summed E-state index contributed by atoms with van der Waals surface area (Å²) in [7, 11) is 0. The van der Waals surface area contributed by atoms with Crippen molar-refractivity contribution >= 4 is 0 Å². The zero-order chi connectivity index (χ0) is 39.7. The van der Waals surface area contributed by atoms with Crippen molar-refractivity contribution in [1.82, 2.24) is 0 Å². The Hall–Kier alpha value is 0. The van der Waals surface area contributed by atoms with Crippen molar-refractivity contribution in [3.63, 3.8) is 0 Å². The first-order valence-electron chi connectivity index (χ1n) is 22.6. The summed E-state index contributed by atoms with van der Waals surface area (Å²) in [6, 6.07) is 0. The normalized spacial score (nSPS) is 18.8. The van der Waals surface area contributed by atoms with Crippen LogP contribution in [0.2, 0.25) is 0 Å². The van der Waals surface area contributed by atoms with E-state index in [2.05, 4.69) is 159 Å². The van der Waals surface area contributed by atoms with E-state index in [1.807, 2.05) is 0 Å². The molecular weight excluding hydrogens is 601 g/mol. The van der Waals surface area contributed by atoms with Gasteiger partial charge >= 0.3 is 0 Å². The molecule has 4 atom stereocenters. The zero-order valence-electron chi connectivity index (χ0n) is 39.7. The van der Waals surface area contributed by atoms with Crippen LogP contribution in [0, 0.1) is 79.3 Å². The van der Waals surface area contributed by atoms with Crippen LogP contribution in [0.1, 0.15) is 243 Å². The van der Waals surface area contributed by atoms with E-state index in [0.29, 0.717) is 17.8 Å². The van der Waals surface area contributed by atoms with Gasteiger partial charge in [0.15, 0.2) is 0 Å². The Morgan fingerprint density at radius 1 is 0.360 bits per heavy atom. The molecule has 50 heavy (non-hydrogen) atoms. The Balaban J connectivity index is 8.81. The average Bonchev–Trinajstić information content (AvgIpc) is 2.95. The van der Waals surface area contributed by atoms with Crippen molar-refractivity contribution in [1.29, 1.82) is 0 Å². The number of hydrogen-bond donors (Lipinski definition) is 0. The molecule has 0 heteroatoms. The van der Waals surface area contributed by atoms with Crippen molar-refractivity contribution in [2.24, 2.45) is 79.3 Å². The topological polar surface area (TPSA) is 0 Å². The molecule has 0 rings (SSSR count). The molecule has 0 aromatic heterocycles. The van der Waals surface area contributed by atoms with Gasteiger partial charge in [0.05, 0.1) is 0 Å². The Morgan fingerprint density at radius 3 is 0.940 bits per heavy atom. The molecule has 0 nitrogen and oxygen atoms in total. The van der Waals surface area contributed by atoms with Gasteiger partial charge in [-0.1, -0.05) is 217 Å². The van der Waals surface area contributed by atoms with Crippen LogP contribution < -0.4 is 0 Å². The Kier molecular flexibility index (Phi) is 19.5. The molecule has 0 radical (unpaired) electrons. The minimum absolute atomic E-state index is 0.0794. The second-order valence-corrected chi connectivity index (χ2v) is 22.8. The molecule has 0 aliphatic heterocycles. The van der Waals surface area contributed by atoms with Crippen LogP contribution in [0.5, 0.6) is 0 Å². The van der Waals surface area contributed by atoms with Crippen LogP contribution in [-0.2, 0) is 0 Å². The van der Waals surface area contributed by atoms with Gasteiger partial charge in [0.2, 0.25) is 0 Å². The van der Waals surface area contributed by atoms with Crippen molar-refractivity contribution in [2.75, 3.05) is 0 Å². The minimum Gasteiger partial charge on any atom is -0.0648 e. The van der Waals surface area contributed by atoms with E-state index in [9.17, 15) is 0 Å². The fourth-order valence-corrected chi connectivity index (χ4v) is 13.2. The maximum absolute atomic E-state index is 2.92. The van der Waals surface area contributed by atoms with E-state index in [1.165, 1.54) is 83.5 Å². The van der Waals surface area contributed by atoms with Gasteiger partial charge < -0.3 is 0 Å². The fraction of sp³-hybridized carbons (Fsp3) is 1.00. The molecule has 0 N–H and O–H groups in total. The van der Waals surface area contributed by atoms with Crippen LogP contribution in [-0.4, -0.2) is 0 Å². The highest BCUT2D eigenvalue weighted by molar-refractivity contribution is 5.23. The molecule has 0 saturated heterocycles. The first-order chi connectivity index (χ1) is 22.6. The summed E-state index contributed by atoms with van der Waals surface area (Å²) < 4.78 is 0. The van der Waals surface area contributed by atoms with Gasteiger partial charge in [-0.05, 0) is 105 Å². The van der Waals surface area contributed by atoms with E-state index in [1.54, 1.807) is 0 Å². The van der Waals surface area contributed by atoms with Crippen LogP contribution in [0.3, 0.4) is 0 Å². The van der Waals surface area contributed by atoms with Crippen molar-refractivity contribution in [2.45, 2.75) is 243 Å². The lowest BCUT2D eigenvalue weighted by molar-refractivity contribution is -0.316. The highest BCUT2D eigenvalue weighted by Gasteiger charge is 2.76. The predicted octanol–water partition coefficient (Wildman–Crippen LogP) is 17.7. The summed E-state index contributed by atoms with van der Waals surface area (Å²) in [5.74, 6) is 4.73. The smallest absolute Gasteiger partial charge is 0.0123 e. The SMILES string of the molecule is CCC(C)(CCCC(C)C)C(C)(C(C)(C)CCCC(C)C)C(C(C)C)(C(C)C)C(C)(C(C)(C)CCCC(C)C)C(C)(CCCC(C)C)C(C)C. The number of hydrogen-bond acceptors (Lipinski definition) is 0. The van der Waals surface area contributed by atoms with E-state index >= 15 is 0 Å². The van der Waals surface area contributed by atoms with E-state index in [-0.39, 0.29) is 37.9 Å². The van der Waals surface area contributed by atoms with E-state index in [0.717, 1.165) is 23.7 Å². The molecule has 4 unspecified atom stereocenters. The summed E-state index contributed by atoms with van der Waals surface area (Å²) in [4.78, 5) is 0. The lowest BCUT2D eigenvalue weighted by atomic mass is 9.25. The van der Waals surface area contributed by atoms with Crippen LogP contribution in [0.25, 0.3) is 0 Å². The molecule has 0 aromatic rings. The third kappa shape index (κ3) is 9.99. The van der Waals surface area contributed by atoms with Gasteiger partial charge in [0.25, 0.3) is 0 Å². The quantitative estimate of drug-likeness (QED) is 0.0842. The Morgan fingerprint density at radius 2 is 0.660 bits per heavy atom. The molecule has 0 amide bonds. The molecule has 0 spiro atoms. The molecule has 0 saturated carbocycles. The maximum Gasteiger partial charge on any atom is -0.0123 e. The third-order valence-corrected chi connectivity index (χ3v) is 16.7. The van der Waals surface area contributed by atoms with Gasteiger partial charge in [-0.2, -0.15) is 0 Å². The first-order valence-corrected chi connectivity index (χ1v) is 22.6. The van der Waals surface area contributed by atoms with Crippen molar-refractivity contribution < 1.29 is 0 Å². The highest BCUT2D eigenvalue weighted by atomic mass is 14.8. The van der Waals surface area contributed by atoms with E-state index in [4.69, 9.17) is 0 Å². The summed E-state index contributed by atoms with van der Waals surface area (Å²) >= 11 is 0. The first kappa shape index (κ1) is 50.0. The van der Waals surface area contributed by atoms with Gasteiger partial charge in [-0.15, -0.1) is 0 Å². The summed E-state index contributed by atoms with van der Waals surface area (Å²) in [5, 5.41) is 0. The number of rotatable bonds is 26. The maximum atomic E-state index is 2.92. The minimum atomic E-state index is 0.0794. The Bertz CT molecular complexity index is 918. The third-order valence-electron chi connectivity index (χ3n) is 16.7. The monoisotopic (exact) mass is 703 g/mol. The molecule has 0 aliphatic rings. The standard InChI is InChI=1S/C50H102/c1-24-46(20,35-27-31-39(6)7)48(22,44(16,17)33-25-29-37(2)3)50(42(12)13,43(14)15)49(23,45(18,19)34-26-30-38(4)5)47(21,41(10)11)36-28-32-40(8)9/h37-43H,24-36H2,1-23H3. The van der Waals surface area contributed by atoms with Crippen LogP contribution in [0.4, 0.5) is 0 Å². The van der Waals surface area contributed by atoms with Crippen LogP contribution in [0.15, 0.2) is 0 Å². The van der Waals surface area contributed by atoms with Gasteiger partial charge in [-0.25, -0.2) is 0 Å².